The van der Waals surface area contributed by atoms with Gasteiger partial charge in [0.2, 0.25) is 0 Å². The fraction of sp³-hybridized carbons (Fsp3) is 0. The van der Waals surface area contributed by atoms with Crippen LogP contribution in [0.3, 0.4) is 0 Å². The first-order chi connectivity index (χ1) is 10.3. The van der Waals surface area contributed by atoms with Gasteiger partial charge in [-0.25, -0.2) is 4.79 Å². The quantitative estimate of drug-likeness (QED) is 0.570. The number of H-pyrrole nitrogens is 1. The summed E-state index contributed by atoms with van der Waals surface area (Å²) in [5, 5.41) is 4.16. The molecule has 0 fully saturated rings. The maximum atomic E-state index is 12.6. The van der Waals surface area contributed by atoms with E-state index in [9.17, 15) is 9.59 Å². The summed E-state index contributed by atoms with van der Waals surface area (Å²) in [7, 11) is 0. The molecule has 0 amide bonds. The number of benzene rings is 2. The minimum absolute atomic E-state index is 0.252. The fourth-order valence-electron chi connectivity index (χ4n) is 2.42. The number of fused-ring (bicyclic) bond motifs is 3. The van der Waals surface area contributed by atoms with Crippen LogP contribution in [0.25, 0.3) is 22.3 Å². The molecule has 2 aromatic heterocycles. The Balaban J connectivity index is 2.21. The van der Waals surface area contributed by atoms with Gasteiger partial charge in [-0.05, 0) is 12.1 Å². The lowest BCUT2D eigenvalue weighted by Gasteiger charge is -2.00. The Labute approximate surface area is 117 Å². The van der Waals surface area contributed by atoms with Gasteiger partial charge >= 0.3 is 5.69 Å². The molecule has 0 aliphatic carbocycles. The van der Waals surface area contributed by atoms with E-state index in [1.807, 2.05) is 24.3 Å². The summed E-state index contributed by atoms with van der Waals surface area (Å²) in [5.74, 6) is 0. The fourth-order valence-corrected chi connectivity index (χ4v) is 2.42. The molecular formula is C15H10N4O2. The minimum Gasteiger partial charge on any atom is -0.303 e. The van der Waals surface area contributed by atoms with Crippen LogP contribution >= 0.6 is 0 Å². The van der Waals surface area contributed by atoms with Crippen LogP contribution in [0.5, 0.6) is 0 Å². The molecule has 0 saturated heterocycles. The average molecular weight is 278 g/mol. The summed E-state index contributed by atoms with van der Waals surface area (Å²) in [6.45, 7) is 0. The second-order valence-corrected chi connectivity index (χ2v) is 4.67. The maximum Gasteiger partial charge on any atom is 0.362 e. The molecule has 21 heavy (non-hydrogen) atoms. The molecular weight excluding hydrogens is 268 g/mol. The third-order valence-electron chi connectivity index (χ3n) is 3.38. The van der Waals surface area contributed by atoms with E-state index in [4.69, 9.17) is 0 Å². The van der Waals surface area contributed by atoms with Gasteiger partial charge in [0.25, 0.3) is 5.56 Å². The maximum absolute atomic E-state index is 12.6. The van der Waals surface area contributed by atoms with E-state index in [-0.39, 0.29) is 11.3 Å². The molecule has 0 unspecified atom stereocenters. The number of nitrogens with zero attached hydrogens (tertiary/aromatic N) is 3. The largest absolute Gasteiger partial charge is 0.362 e. The molecule has 0 bridgehead atoms. The summed E-state index contributed by atoms with van der Waals surface area (Å²) in [6.07, 6.45) is 0. The molecule has 4 rings (SSSR count). The zero-order valence-corrected chi connectivity index (χ0v) is 10.9. The predicted octanol–water partition coefficient (Wildman–Crippen LogP) is 1.30. The number of para-hydroxylation sites is 2. The van der Waals surface area contributed by atoms with Crippen LogP contribution in [0.1, 0.15) is 0 Å². The van der Waals surface area contributed by atoms with Crippen molar-refractivity contribution >= 4 is 11.0 Å². The van der Waals surface area contributed by atoms with Crippen LogP contribution in [-0.4, -0.2) is 19.2 Å². The van der Waals surface area contributed by atoms with Crippen LogP contribution in [0.4, 0.5) is 0 Å². The van der Waals surface area contributed by atoms with E-state index in [0.29, 0.717) is 16.6 Å². The summed E-state index contributed by atoms with van der Waals surface area (Å²) in [6, 6.07) is 16.2. The van der Waals surface area contributed by atoms with Crippen molar-refractivity contribution in [2.24, 2.45) is 0 Å². The minimum atomic E-state index is -0.451. The first kappa shape index (κ1) is 11.7. The van der Waals surface area contributed by atoms with Crippen molar-refractivity contribution in [3.8, 4) is 11.3 Å². The van der Waals surface area contributed by atoms with Crippen LogP contribution in [0.2, 0.25) is 0 Å². The van der Waals surface area contributed by atoms with Crippen LogP contribution in [0, 0.1) is 0 Å². The Morgan fingerprint density at radius 1 is 0.905 bits per heavy atom. The highest BCUT2D eigenvalue weighted by atomic mass is 16.2. The van der Waals surface area contributed by atoms with Crippen molar-refractivity contribution in [2.75, 3.05) is 0 Å². The van der Waals surface area contributed by atoms with Gasteiger partial charge in [0.15, 0.2) is 5.69 Å². The summed E-state index contributed by atoms with van der Waals surface area (Å²) < 4.78 is 2.35. The van der Waals surface area contributed by atoms with Crippen molar-refractivity contribution < 1.29 is 0 Å². The number of rotatable bonds is 1. The Hall–Kier alpha value is -3.15. The standard InChI is InChI=1S/C15H10N4O2/c20-14-13(10-6-2-1-3-7-10)17-19-15(21)16-11-8-4-5-9-12(11)18(14)19/h1-9H,(H,16,21). The van der Waals surface area contributed by atoms with Gasteiger partial charge in [0.1, 0.15) is 0 Å². The molecule has 0 atom stereocenters. The predicted molar refractivity (Wildman–Crippen MR) is 78.5 cm³/mol. The molecule has 2 heterocycles. The molecule has 6 heteroatoms. The summed E-state index contributed by atoms with van der Waals surface area (Å²) >= 11 is 0. The lowest BCUT2D eigenvalue weighted by molar-refractivity contribution is 0.682. The number of hydrogen-bond acceptors (Lipinski definition) is 3. The highest BCUT2D eigenvalue weighted by molar-refractivity contribution is 5.74. The average Bonchev–Trinajstić information content (AvgIpc) is 2.87. The topological polar surface area (TPSA) is 71.6 Å². The molecule has 1 N–H and O–H groups in total. The first-order valence-corrected chi connectivity index (χ1v) is 6.44. The first-order valence-electron chi connectivity index (χ1n) is 6.44. The Morgan fingerprint density at radius 2 is 1.62 bits per heavy atom. The number of aromatic amines is 1. The van der Waals surface area contributed by atoms with E-state index in [2.05, 4.69) is 10.1 Å². The molecule has 0 radical (unpaired) electrons. The van der Waals surface area contributed by atoms with Crippen molar-refractivity contribution in [3.63, 3.8) is 0 Å². The van der Waals surface area contributed by atoms with E-state index in [1.165, 1.54) is 4.52 Å². The van der Waals surface area contributed by atoms with Crippen molar-refractivity contribution in [1.82, 2.24) is 19.2 Å². The number of nitrogens with one attached hydrogen (secondary N) is 1. The normalized spacial score (nSPS) is 11.2. The van der Waals surface area contributed by atoms with E-state index < -0.39 is 5.69 Å². The Morgan fingerprint density at radius 3 is 2.43 bits per heavy atom. The Kier molecular flexibility index (Phi) is 2.32. The SMILES string of the molecule is O=c1[nH]c2ccccc2n2c(=O)c(-c3ccccc3)nn12. The smallest absolute Gasteiger partial charge is 0.303 e. The molecule has 0 aliphatic heterocycles. The highest BCUT2D eigenvalue weighted by Gasteiger charge is 2.14. The molecule has 6 nitrogen and oxygen atoms in total. The zero-order chi connectivity index (χ0) is 14.4. The van der Waals surface area contributed by atoms with E-state index in [1.54, 1.807) is 30.3 Å². The van der Waals surface area contributed by atoms with Gasteiger partial charge in [0, 0.05) is 5.56 Å². The van der Waals surface area contributed by atoms with Crippen molar-refractivity contribution in [3.05, 3.63) is 75.4 Å². The molecule has 4 aromatic rings. The van der Waals surface area contributed by atoms with Crippen molar-refractivity contribution in [2.45, 2.75) is 0 Å². The van der Waals surface area contributed by atoms with Gasteiger partial charge in [-0.15, -0.1) is 9.73 Å². The number of hydrogen-bond donors (Lipinski definition) is 1. The highest BCUT2D eigenvalue weighted by Crippen LogP contribution is 2.13. The van der Waals surface area contributed by atoms with Crippen molar-refractivity contribution in [1.29, 1.82) is 0 Å². The van der Waals surface area contributed by atoms with Gasteiger partial charge in [-0.1, -0.05) is 42.5 Å². The molecule has 0 aliphatic rings. The van der Waals surface area contributed by atoms with Gasteiger partial charge in [-0.2, -0.15) is 4.52 Å². The zero-order valence-electron chi connectivity index (χ0n) is 10.9. The molecule has 0 spiro atoms. The molecule has 2 aromatic carbocycles. The third kappa shape index (κ3) is 1.62. The van der Waals surface area contributed by atoms with E-state index in [0.717, 1.165) is 4.63 Å². The monoisotopic (exact) mass is 278 g/mol. The lowest BCUT2D eigenvalue weighted by atomic mass is 10.2. The van der Waals surface area contributed by atoms with Crippen LogP contribution in [-0.2, 0) is 0 Å². The van der Waals surface area contributed by atoms with Crippen LogP contribution in [0.15, 0.2) is 64.2 Å². The lowest BCUT2D eigenvalue weighted by Crippen LogP contribution is -2.26. The van der Waals surface area contributed by atoms with Gasteiger partial charge in [-0.3, -0.25) is 4.79 Å². The van der Waals surface area contributed by atoms with Gasteiger partial charge in [0.05, 0.1) is 11.0 Å². The second-order valence-electron chi connectivity index (χ2n) is 4.67. The summed E-state index contributed by atoms with van der Waals surface area (Å²) in [4.78, 5) is 27.4. The second kappa shape index (κ2) is 4.17. The molecule has 0 saturated carbocycles. The summed E-state index contributed by atoms with van der Waals surface area (Å²) in [5.41, 5.74) is 1.37. The number of aromatic nitrogens is 4. The van der Waals surface area contributed by atoms with E-state index >= 15 is 0 Å². The Bertz CT molecular complexity index is 1070. The molecule has 102 valence electrons. The third-order valence-corrected chi connectivity index (χ3v) is 3.38. The van der Waals surface area contributed by atoms with Gasteiger partial charge < -0.3 is 4.98 Å². The van der Waals surface area contributed by atoms with Crippen LogP contribution < -0.4 is 11.2 Å².